The largest absolute Gasteiger partial charge is 0.507 e. The molecule has 0 bridgehead atoms. The number of nitrogens with zero attached hydrogens (tertiary/aromatic N) is 3. The first-order valence-electron chi connectivity index (χ1n) is 9.79. The Hall–Kier alpha value is -4.05. The number of ketones is 1. The fourth-order valence-corrected chi connectivity index (χ4v) is 4.27. The molecule has 3 aromatic rings. The first-order valence-corrected chi connectivity index (χ1v) is 10.6. The minimum absolute atomic E-state index is 0.0937. The fraction of sp³-hybridized carbons (Fsp3) is 0.174. The third-order valence-electron chi connectivity index (χ3n) is 5.18. The van der Waals surface area contributed by atoms with Gasteiger partial charge in [-0.1, -0.05) is 23.5 Å². The normalized spacial score (nSPS) is 17.3. The summed E-state index contributed by atoms with van der Waals surface area (Å²) in [6.45, 7) is 1.73. The second kappa shape index (κ2) is 8.83. The molecule has 1 aromatic heterocycles. The number of benzene rings is 2. The summed E-state index contributed by atoms with van der Waals surface area (Å²) in [5.41, 5.74) is 1.06. The van der Waals surface area contributed by atoms with Crippen LogP contribution in [0.3, 0.4) is 0 Å². The predicted molar refractivity (Wildman–Crippen MR) is 120 cm³/mol. The first-order chi connectivity index (χ1) is 15.8. The number of hydrogen-bond donors (Lipinski definition) is 1. The second-order valence-corrected chi connectivity index (χ2v) is 8.27. The molecule has 0 aliphatic carbocycles. The maximum absolute atomic E-state index is 13.1. The summed E-state index contributed by atoms with van der Waals surface area (Å²) in [5, 5.41) is 19.9. The fourth-order valence-electron chi connectivity index (χ4n) is 3.55. The molecule has 1 aliphatic heterocycles. The molecule has 33 heavy (non-hydrogen) atoms. The van der Waals surface area contributed by atoms with Crippen molar-refractivity contribution in [2.24, 2.45) is 0 Å². The molecule has 10 heteroatoms. The van der Waals surface area contributed by atoms with Crippen LogP contribution in [0.4, 0.5) is 5.13 Å². The number of rotatable bonds is 5. The third-order valence-corrected chi connectivity index (χ3v) is 6.01. The maximum atomic E-state index is 13.1. The van der Waals surface area contributed by atoms with E-state index in [1.165, 1.54) is 31.3 Å². The van der Waals surface area contributed by atoms with Crippen LogP contribution in [0, 0.1) is 6.92 Å². The quantitative estimate of drug-likeness (QED) is 0.264. The maximum Gasteiger partial charge on any atom is 0.337 e. The number of aliphatic hydroxyl groups excluding tert-OH is 1. The summed E-state index contributed by atoms with van der Waals surface area (Å²) >= 11 is 1.15. The lowest BCUT2D eigenvalue weighted by Gasteiger charge is -2.22. The molecule has 1 N–H and O–H groups in total. The van der Waals surface area contributed by atoms with E-state index in [1.54, 1.807) is 43.3 Å². The Morgan fingerprint density at radius 1 is 1.00 bits per heavy atom. The van der Waals surface area contributed by atoms with E-state index in [1.807, 2.05) is 0 Å². The van der Waals surface area contributed by atoms with Crippen molar-refractivity contribution in [3.63, 3.8) is 0 Å². The Balaban J connectivity index is 1.88. The summed E-state index contributed by atoms with van der Waals surface area (Å²) in [5.74, 6) is -1.96. The highest BCUT2D eigenvalue weighted by atomic mass is 32.1. The van der Waals surface area contributed by atoms with Gasteiger partial charge in [0, 0.05) is 5.56 Å². The Kier molecular flexibility index (Phi) is 5.93. The van der Waals surface area contributed by atoms with E-state index in [9.17, 15) is 19.5 Å². The number of ether oxygens (including phenoxy) is 2. The number of hydrogen-bond acceptors (Lipinski definition) is 9. The minimum atomic E-state index is -0.967. The van der Waals surface area contributed by atoms with E-state index >= 15 is 0 Å². The predicted octanol–water partition coefficient (Wildman–Crippen LogP) is 3.27. The highest BCUT2D eigenvalue weighted by Gasteiger charge is 2.48. The first kappa shape index (κ1) is 22.2. The van der Waals surface area contributed by atoms with Crippen molar-refractivity contribution >= 4 is 39.9 Å². The van der Waals surface area contributed by atoms with Crippen LogP contribution < -0.4 is 9.64 Å². The minimum Gasteiger partial charge on any atom is -0.507 e. The molecule has 1 aliphatic rings. The number of anilines is 1. The molecule has 1 amide bonds. The SMILES string of the molecule is COC(=O)c1ccc(C2C(=C(O)c3ccc(OC)cc3)C(=O)C(=O)N2c2nnc(C)s2)cc1. The van der Waals surface area contributed by atoms with Gasteiger partial charge in [0.1, 0.15) is 16.5 Å². The summed E-state index contributed by atoms with van der Waals surface area (Å²) < 4.78 is 9.87. The third kappa shape index (κ3) is 3.96. The van der Waals surface area contributed by atoms with Gasteiger partial charge >= 0.3 is 11.9 Å². The molecule has 4 rings (SSSR count). The van der Waals surface area contributed by atoms with Gasteiger partial charge in [0.25, 0.3) is 5.78 Å². The standard InChI is InChI=1S/C23H19N3O6S/c1-12-24-25-23(33-12)26-18(13-4-6-15(7-5-13)22(30)32-3)17(20(28)21(26)29)19(27)14-8-10-16(31-2)11-9-14/h4-11,18,27H,1-3H3. The molecule has 1 unspecified atom stereocenters. The Bertz CT molecular complexity index is 1260. The number of amides is 1. The van der Waals surface area contributed by atoms with Gasteiger partial charge in [0.2, 0.25) is 5.13 Å². The lowest BCUT2D eigenvalue weighted by molar-refractivity contribution is -0.132. The number of aryl methyl sites for hydroxylation is 1. The number of esters is 1. The highest BCUT2D eigenvalue weighted by Crippen LogP contribution is 2.43. The van der Waals surface area contributed by atoms with Gasteiger partial charge < -0.3 is 14.6 Å². The number of aliphatic hydroxyl groups is 1. The Morgan fingerprint density at radius 3 is 2.18 bits per heavy atom. The van der Waals surface area contributed by atoms with E-state index in [0.29, 0.717) is 27.4 Å². The van der Waals surface area contributed by atoms with Crippen molar-refractivity contribution in [1.29, 1.82) is 0 Å². The van der Waals surface area contributed by atoms with Crippen LogP contribution >= 0.6 is 11.3 Å². The van der Waals surface area contributed by atoms with E-state index < -0.39 is 23.7 Å². The molecule has 0 saturated carbocycles. The van der Waals surface area contributed by atoms with Crippen molar-refractivity contribution in [2.45, 2.75) is 13.0 Å². The van der Waals surface area contributed by atoms with Crippen LogP contribution in [-0.2, 0) is 14.3 Å². The molecule has 0 radical (unpaired) electrons. The van der Waals surface area contributed by atoms with Gasteiger partial charge in [-0.25, -0.2) is 4.79 Å². The summed E-state index contributed by atoms with van der Waals surface area (Å²) in [7, 11) is 2.79. The van der Waals surface area contributed by atoms with Crippen molar-refractivity contribution in [3.8, 4) is 5.75 Å². The highest BCUT2D eigenvalue weighted by molar-refractivity contribution is 7.15. The van der Waals surface area contributed by atoms with Crippen molar-refractivity contribution in [1.82, 2.24) is 10.2 Å². The molecule has 2 aromatic carbocycles. The number of Topliss-reactive ketones (excluding diaryl/α,β-unsaturated/α-hetero) is 1. The molecule has 0 spiro atoms. The number of methoxy groups -OCH3 is 2. The van der Waals surface area contributed by atoms with Crippen molar-refractivity contribution < 1.29 is 29.0 Å². The zero-order chi connectivity index (χ0) is 23.7. The summed E-state index contributed by atoms with van der Waals surface area (Å²) in [4.78, 5) is 39.2. The summed E-state index contributed by atoms with van der Waals surface area (Å²) in [6.07, 6.45) is 0. The van der Waals surface area contributed by atoms with Crippen LogP contribution in [0.25, 0.3) is 5.76 Å². The van der Waals surface area contributed by atoms with Gasteiger partial charge in [-0.05, 0) is 48.9 Å². The average molecular weight is 465 g/mol. The van der Waals surface area contributed by atoms with E-state index in [-0.39, 0.29) is 16.5 Å². The monoisotopic (exact) mass is 465 g/mol. The van der Waals surface area contributed by atoms with E-state index in [2.05, 4.69) is 10.2 Å². The topological polar surface area (TPSA) is 119 Å². The second-order valence-electron chi connectivity index (χ2n) is 7.11. The number of carbonyl (C=O) groups is 3. The zero-order valence-corrected chi connectivity index (χ0v) is 18.8. The van der Waals surface area contributed by atoms with Crippen LogP contribution in [-0.4, -0.2) is 47.2 Å². The van der Waals surface area contributed by atoms with Crippen LogP contribution in [0.15, 0.2) is 54.1 Å². The molecule has 2 heterocycles. The van der Waals surface area contributed by atoms with E-state index in [0.717, 1.165) is 11.3 Å². The Morgan fingerprint density at radius 2 is 1.64 bits per heavy atom. The smallest absolute Gasteiger partial charge is 0.337 e. The van der Waals surface area contributed by atoms with Gasteiger partial charge in [-0.15, -0.1) is 10.2 Å². The van der Waals surface area contributed by atoms with Crippen LogP contribution in [0.2, 0.25) is 0 Å². The van der Waals surface area contributed by atoms with Crippen LogP contribution in [0.5, 0.6) is 5.75 Å². The molecule has 1 atom stereocenters. The molecular weight excluding hydrogens is 446 g/mol. The Labute approximate surface area is 192 Å². The lowest BCUT2D eigenvalue weighted by Crippen LogP contribution is -2.29. The van der Waals surface area contributed by atoms with Crippen LogP contribution in [0.1, 0.15) is 32.5 Å². The lowest BCUT2D eigenvalue weighted by atomic mass is 9.94. The number of aromatic nitrogens is 2. The van der Waals surface area contributed by atoms with Gasteiger partial charge in [-0.2, -0.15) is 0 Å². The molecule has 1 saturated heterocycles. The van der Waals surface area contributed by atoms with Gasteiger partial charge in [-0.3, -0.25) is 14.5 Å². The van der Waals surface area contributed by atoms with Gasteiger partial charge in [0.15, 0.2) is 0 Å². The molecular formula is C23H19N3O6S. The van der Waals surface area contributed by atoms with Crippen molar-refractivity contribution in [2.75, 3.05) is 19.1 Å². The zero-order valence-electron chi connectivity index (χ0n) is 17.9. The van der Waals surface area contributed by atoms with E-state index in [4.69, 9.17) is 9.47 Å². The average Bonchev–Trinajstić information content (AvgIpc) is 3.38. The molecule has 168 valence electrons. The molecule has 9 nitrogen and oxygen atoms in total. The number of carbonyl (C=O) groups excluding carboxylic acids is 3. The van der Waals surface area contributed by atoms with Gasteiger partial charge in [0.05, 0.1) is 31.4 Å². The molecule has 1 fully saturated rings. The summed E-state index contributed by atoms with van der Waals surface area (Å²) in [6, 6.07) is 11.8. The van der Waals surface area contributed by atoms with Crippen molar-refractivity contribution in [3.05, 3.63) is 75.8 Å².